The maximum Gasteiger partial charge on any atom is 0.310 e. The monoisotopic (exact) mass is 442 g/mol. The van der Waals surface area contributed by atoms with Crippen LogP contribution in [0, 0.1) is 44.8 Å². The molecule has 3 saturated carbocycles. The van der Waals surface area contributed by atoms with Gasteiger partial charge in [-0.05, 0) is 110 Å². The molecule has 3 nitrogen and oxygen atoms in total. The Morgan fingerprint density at radius 1 is 0.844 bits per heavy atom. The lowest BCUT2D eigenvalue weighted by atomic mass is 9.38. The number of carboxylic acid groups (broad SMARTS) is 1. The summed E-state index contributed by atoms with van der Waals surface area (Å²) >= 11 is 0. The molecule has 0 aromatic rings. The molecule has 0 amide bonds. The lowest BCUT2D eigenvalue weighted by Crippen LogP contribution is -2.60. The zero-order chi connectivity index (χ0) is 23.3. The molecule has 0 saturated heterocycles. The Kier molecular flexibility index (Phi) is 4.92. The van der Waals surface area contributed by atoms with Gasteiger partial charge in [0.2, 0.25) is 0 Å². The third-order valence-electron chi connectivity index (χ3n) is 12.1. The fourth-order valence-electron chi connectivity index (χ4n) is 10.3. The summed E-state index contributed by atoms with van der Waals surface area (Å²) in [6.45, 7) is 14.4. The van der Waals surface area contributed by atoms with E-state index in [4.69, 9.17) is 0 Å². The summed E-state index contributed by atoms with van der Waals surface area (Å²) in [5.41, 5.74) is 3.45. The van der Waals surface area contributed by atoms with E-state index in [0.29, 0.717) is 11.8 Å². The average Bonchev–Trinajstić information content (AvgIpc) is 2.70. The number of fused-ring (bicyclic) bond motifs is 6. The maximum absolute atomic E-state index is 12.7. The predicted octanol–water partition coefficient (Wildman–Crippen LogP) is 6.99. The Bertz CT molecular complexity index is 852. The van der Waals surface area contributed by atoms with E-state index < -0.39 is 11.4 Å². The second kappa shape index (κ2) is 6.86. The highest BCUT2D eigenvalue weighted by atomic mass is 16.4. The zero-order valence-electron chi connectivity index (χ0n) is 21.4. The first-order valence-electron chi connectivity index (χ1n) is 13.4. The van der Waals surface area contributed by atoms with Gasteiger partial charge in [-0.15, -0.1) is 0 Å². The van der Waals surface area contributed by atoms with Crippen molar-refractivity contribution >= 4 is 5.97 Å². The van der Waals surface area contributed by atoms with Gasteiger partial charge in [0.05, 0.1) is 11.5 Å². The molecule has 0 heterocycles. The molecular formula is C29H46O3. The summed E-state index contributed by atoms with van der Waals surface area (Å²) < 4.78 is 0. The van der Waals surface area contributed by atoms with E-state index in [9.17, 15) is 15.0 Å². The Balaban J connectivity index is 1.57. The Hall–Kier alpha value is -0.830. The van der Waals surface area contributed by atoms with Gasteiger partial charge in [-0.2, -0.15) is 0 Å². The largest absolute Gasteiger partial charge is 0.481 e. The molecule has 5 aliphatic carbocycles. The van der Waals surface area contributed by atoms with E-state index in [1.807, 2.05) is 0 Å². The van der Waals surface area contributed by atoms with Gasteiger partial charge in [-0.3, -0.25) is 4.79 Å². The highest BCUT2D eigenvalue weighted by molar-refractivity contribution is 5.76. The lowest BCUT2D eigenvalue weighted by Gasteiger charge is -2.66. The number of allylic oxidation sites excluding steroid dienone is 2. The summed E-state index contributed by atoms with van der Waals surface area (Å²) in [7, 11) is 0. The van der Waals surface area contributed by atoms with Gasteiger partial charge in [-0.25, -0.2) is 0 Å². The second-order valence-corrected chi connectivity index (χ2v) is 14.4. The van der Waals surface area contributed by atoms with Crippen LogP contribution in [-0.2, 0) is 4.79 Å². The number of carboxylic acids is 1. The van der Waals surface area contributed by atoms with E-state index in [2.05, 4.69) is 41.5 Å². The number of hydrogen-bond acceptors (Lipinski definition) is 2. The second-order valence-electron chi connectivity index (χ2n) is 14.4. The lowest BCUT2D eigenvalue weighted by molar-refractivity contribution is -0.171. The summed E-state index contributed by atoms with van der Waals surface area (Å²) in [6.07, 6.45) is 11.4. The Morgan fingerprint density at radius 2 is 1.56 bits per heavy atom. The van der Waals surface area contributed by atoms with Gasteiger partial charge in [-0.1, -0.05) is 52.7 Å². The maximum atomic E-state index is 12.7. The van der Waals surface area contributed by atoms with Gasteiger partial charge in [0.1, 0.15) is 0 Å². The molecule has 0 aromatic carbocycles. The Morgan fingerprint density at radius 3 is 2.25 bits per heavy atom. The van der Waals surface area contributed by atoms with Crippen LogP contribution in [0.1, 0.15) is 112 Å². The topological polar surface area (TPSA) is 57.5 Å². The molecule has 5 aliphatic rings. The van der Waals surface area contributed by atoms with Crippen LogP contribution in [0.3, 0.4) is 0 Å². The van der Waals surface area contributed by atoms with Gasteiger partial charge in [0.25, 0.3) is 0 Å². The van der Waals surface area contributed by atoms with Crippen molar-refractivity contribution < 1.29 is 15.0 Å². The molecule has 5 rings (SSSR count). The zero-order valence-corrected chi connectivity index (χ0v) is 21.4. The highest BCUT2D eigenvalue weighted by Gasteiger charge is 2.64. The molecule has 0 spiro atoms. The minimum Gasteiger partial charge on any atom is -0.481 e. The average molecular weight is 443 g/mol. The molecule has 2 N–H and O–H groups in total. The first kappa shape index (κ1) is 22.9. The Labute approximate surface area is 195 Å². The minimum atomic E-state index is -0.532. The third-order valence-corrected chi connectivity index (χ3v) is 12.1. The van der Waals surface area contributed by atoms with Crippen LogP contribution in [0.15, 0.2) is 11.1 Å². The molecule has 0 radical (unpaired) electrons. The number of hydrogen-bond donors (Lipinski definition) is 2. The first-order valence-corrected chi connectivity index (χ1v) is 13.4. The van der Waals surface area contributed by atoms with Crippen molar-refractivity contribution in [1.29, 1.82) is 0 Å². The number of carbonyl (C=O) groups is 1. The highest BCUT2D eigenvalue weighted by Crippen LogP contribution is 2.71. The summed E-state index contributed by atoms with van der Waals surface area (Å²) in [5, 5.41) is 21.2. The van der Waals surface area contributed by atoms with Crippen LogP contribution in [0.2, 0.25) is 0 Å². The fourth-order valence-corrected chi connectivity index (χ4v) is 10.3. The van der Waals surface area contributed by atoms with Gasteiger partial charge in [0.15, 0.2) is 0 Å². The van der Waals surface area contributed by atoms with Gasteiger partial charge < -0.3 is 10.2 Å². The van der Waals surface area contributed by atoms with Crippen molar-refractivity contribution in [3.8, 4) is 0 Å². The number of rotatable bonds is 1. The summed E-state index contributed by atoms with van der Waals surface area (Å²) in [4.78, 5) is 12.7. The smallest absolute Gasteiger partial charge is 0.310 e. The van der Waals surface area contributed by atoms with E-state index in [-0.39, 0.29) is 33.7 Å². The fraction of sp³-hybridized carbons (Fsp3) is 0.897. The van der Waals surface area contributed by atoms with Crippen LogP contribution in [0.4, 0.5) is 0 Å². The number of aliphatic carboxylic acids is 1. The van der Waals surface area contributed by atoms with Crippen molar-refractivity contribution in [1.82, 2.24) is 0 Å². The SMILES string of the molecule is CC1(C)CCC2(C(=O)O)CCC3=C(CCC4C3(C)CCC3C(C)(C)C(O)CCC43C)C2C1. The summed E-state index contributed by atoms with van der Waals surface area (Å²) in [5.74, 6) is 0.943. The quantitative estimate of drug-likeness (QED) is 0.430. The molecule has 0 bridgehead atoms. The van der Waals surface area contributed by atoms with Crippen molar-refractivity contribution in [3.63, 3.8) is 0 Å². The van der Waals surface area contributed by atoms with Crippen molar-refractivity contribution in [2.24, 2.45) is 44.8 Å². The van der Waals surface area contributed by atoms with E-state index in [1.54, 1.807) is 11.1 Å². The summed E-state index contributed by atoms with van der Waals surface area (Å²) in [6, 6.07) is 0. The molecule has 7 atom stereocenters. The van der Waals surface area contributed by atoms with Gasteiger partial charge in [0, 0.05) is 0 Å². The molecule has 0 aliphatic heterocycles. The molecular weight excluding hydrogens is 396 g/mol. The molecule has 32 heavy (non-hydrogen) atoms. The van der Waals surface area contributed by atoms with E-state index >= 15 is 0 Å². The molecule has 3 heteroatoms. The third kappa shape index (κ3) is 2.85. The van der Waals surface area contributed by atoms with Crippen LogP contribution in [0.25, 0.3) is 0 Å². The van der Waals surface area contributed by atoms with E-state index in [1.165, 1.54) is 19.3 Å². The van der Waals surface area contributed by atoms with Crippen molar-refractivity contribution in [2.45, 2.75) is 118 Å². The number of aliphatic hydroxyl groups is 1. The van der Waals surface area contributed by atoms with E-state index in [0.717, 1.165) is 51.4 Å². The number of aliphatic hydroxyl groups excluding tert-OH is 1. The molecule has 180 valence electrons. The standard InChI is InChI=1S/C29H46O3/c1-25(2)15-16-29(24(31)32)14-9-19-18(20(29)17-25)7-8-22-27(19,5)12-10-21-26(3,4)23(30)11-13-28(21,22)6/h20-23,30H,7-17H2,1-6H3,(H,31,32). The molecule has 0 aromatic heterocycles. The van der Waals surface area contributed by atoms with Gasteiger partial charge >= 0.3 is 5.97 Å². The van der Waals surface area contributed by atoms with Crippen LogP contribution in [0.5, 0.6) is 0 Å². The predicted molar refractivity (Wildman–Crippen MR) is 128 cm³/mol. The molecule has 3 fully saturated rings. The van der Waals surface area contributed by atoms with Crippen molar-refractivity contribution in [2.75, 3.05) is 0 Å². The normalized spacial score (nSPS) is 49.3. The van der Waals surface area contributed by atoms with Crippen LogP contribution in [-0.4, -0.2) is 22.3 Å². The molecule has 7 unspecified atom stereocenters. The van der Waals surface area contributed by atoms with Crippen LogP contribution < -0.4 is 0 Å². The first-order chi connectivity index (χ1) is 14.8. The van der Waals surface area contributed by atoms with Crippen LogP contribution >= 0.6 is 0 Å². The van der Waals surface area contributed by atoms with Crippen molar-refractivity contribution in [3.05, 3.63) is 11.1 Å². The minimum absolute atomic E-state index is 0.0125.